The van der Waals surface area contributed by atoms with Crippen LogP contribution in [0.3, 0.4) is 0 Å². The number of Topliss-reactive ketones (excluding diaryl/α,β-unsaturated/α-hetero) is 1. The van der Waals surface area contributed by atoms with Gasteiger partial charge in [0.25, 0.3) is 0 Å². The van der Waals surface area contributed by atoms with Crippen molar-refractivity contribution in [3.63, 3.8) is 0 Å². The monoisotopic (exact) mass is 258 g/mol. The van der Waals surface area contributed by atoms with E-state index in [0.717, 1.165) is 6.42 Å². The van der Waals surface area contributed by atoms with Gasteiger partial charge in [0.15, 0.2) is 21.4 Å². The van der Waals surface area contributed by atoms with Gasteiger partial charge in [-0.15, -0.1) is 10.2 Å². The summed E-state index contributed by atoms with van der Waals surface area (Å²) >= 11 is 0. The summed E-state index contributed by atoms with van der Waals surface area (Å²) in [5.74, 6) is 0.0630. The number of carbonyl (C=O) groups excluding carboxylic acids is 1. The van der Waals surface area contributed by atoms with Crippen molar-refractivity contribution in [2.75, 3.05) is 5.75 Å². The lowest BCUT2D eigenvalue weighted by Gasteiger charge is -2.20. The topological polar surface area (TPSA) is 94.8 Å². The van der Waals surface area contributed by atoms with E-state index in [1.807, 2.05) is 0 Å². The quantitative estimate of drug-likeness (QED) is 0.710. The molecule has 0 aliphatic carbocycles. The Bertz CT molecular complexity index is 522. The first-order valence-corrected chi connectivity index (χ1v) is 7.18. The average molecular weight is 258 g/mol. The lowest BCUT2D eigenvalue weighted by atomic mass is 10.1. The van der Waals surface area contributed by atoms with Crippen LogP contribution in [0.4, 0.5) is 0 Å². The molecule has 1 aromatic rings. The van der Waals surface area contributed by atoms with Gasteiger partial charge in [-0.3, -0.25) is 4.79 Å². The highest BCUT2D eigenvalue weighted by Gasteiger charge is 2.34. The van der Waals surface area contributed by atoms with Crippen LogP contribution in [0, 0.1) is 0 Å². The van der Waals surface area contributed by atoms with E-state index in [-0.39, 0.29) is 23.8 Å². The molecule has 1 aliphatic rings. The predicted octanol–water partition coefficient (Wildman–Crippen LogP) is -0.711. The molecule has 2 heterocycles. The standard InChI is InChI=1S/C9H14N4O3S/c1-13-11-9(10-12-13)6-7(14)8-4-2-3-5-17(8,15)16/h8H,2-6H2,1H3. The lowest BCUT2D eigenvalue weighted by molar-refractivity contribution is -0.118. The largest absolute Gasteiger partial charge is 0.298 e. The van der Waals surface area contributed by atoms with Crippen LogP contribution < -0.4 is 0 Å². The molecule has 8 heteroatoms. The first kappa shape index (κ1) is 12.2. The minimum Gasteiger partial charge on any atom is -0.298 e. The van der Waals surface area contributed by atoms with Crippen LogP contribution in [-0.2, 0) is 28.1 Å². The molecule has 1 saturated heterocycles. The summed E-state index contributed by atoms with van der Waals surface area (Å²) in [7, 11) is -1.67. The summed E-state index contributed by atoms with van der Waals surface area (Å²) in [4.78, 5) is 13.1. The maximum atomic E-state index is 11.9. The van der Waals surface area contributed by atoms with Crippen molar-refractivity contribution in [3.05, 3.63) is 5.82 Å². The summed E-state index contributed by atoms with van der Waals surface area (Å²) in [6.45, 7) is 0. The Kier molecular flexibility index (Phi) is 3.23. The Morgan fingerprint density at radius 3 is 2.82 bits per heavy atom. The molecule has 0 radical (unpaired) electrons. The number of nitrogens with zero attached hydrogens (tertiary/aromatic N) is 4. The maximum absolute atomic E-state index is 11.9. The molecule has 94 valence electrons. The summed E-state index contributed by atoms with van der Waals surface area (Å²) in [5, 5.41) is 10.3. The van der Waals surface area contributed by atoms with Crippen LogP contribution >= 0.6 is 0 Å². The maximum Gasteiger partial charge on any atom is 0.182 e. The fourth-order valence-corrected chi connectivity index (χ4v) is 3.88. The van der Waals surface area contributed by atoms with Crippen molar-refractivity contribution < 1.29 is 13.2 Å². The van der Waals surface area contributed by atoms with E-state index in [9.17, 15) is 13.2 Å². The number of carbonyl (C=O) groups is 1. The van der Waals surface area contributed by atoms with E-state index in [2.05, 4.69) is 15.4 Å². The number of aryl methyl sites for hydroxylation is 1. The van der Waals surface area contributed by atoms with E-state index in [4.69, 9.17) is 0 Å². The van der Waals surface area contributed by atoms with Gasteiger partial charge in [-0.25, -0.2) is 8.42 Å². The first-order valence-electron chi connectivity index (χ1n) is 5.46. The number of rotatable bonds is 3. The molecule has 0 spiro atoms. The average Bonchev–Trinajstić information content (AvgIpc) is 2.63. The number of tetrazole rings is 1. The first-order chi connectivity index (χ1) is 7.99. The molecule has 0 bridgehead atoms. The van der Waals surface area contributed by atoms with Crippen LogP contribution in [0.1, 0.15) is 25.1 Å². The third-order valence-electron chi connectivity index (χ3n) is 2.82. The van der Waals surface area contributed by atoms with Gasteiger partial charge in [-0.2, -0.15) is 4.80 Å². The van der Waals surface area contributed by atoms with E-state index >= 15 is 0 Å². The van der Waals surface area contributed by atoms with Gasteiger partial charge in [0.2, 0.25) is 0 Å². The summed E-state index contributed by atoms with van der Waals surface area (Å²) in [6.07, 6.45) is 1.79. The molecule has 1 aromatic heterocycles. The second-order valence-corrected chi connectivity index (χ2v) is 6.49. The van der Waals surface area contributed by atoms with Gasteiger partial charge in [-0.05, 0) is 18.1 Å². The molecular weight excluding hydrogens is 244 g/mol. The van der Waals surface area contributed by atoms with Crippen LogP contribution in [-0.4, -0.2) is 45.4 Å². The highest BCUT2D eigenvalue weighted by atomic mass is 32.2. The number of ketones is 1. The van der Waals surface area contributed by atoms with Crippen LogP contribution in [0.5, 0.6) is 0 Å². The zero-order valence-electron chi connectivity index (χ0n) is 9.53. The van der Waals surface area contributed by atoms with Crippen molar-refractivity contribution in [3.8, 4) is 0 Å². The number of sulfone groups is 1. The minimum absolute atomic E-state index is 0.0578. The Balaban J connectivity index is 2.09. The molecule has 1 fully saturated rings. The molecule has 1 aliphatic heterocycles. The molecule has 1 atom stereocenters. The number of hydrogen-bond acceptors (Lipinski definition) is 6. The van der Waals surface area contributed by atoms with Gasteiger partial charge in [0, 0.05) is 0 Å². The van der Waals surface area contributed by atoms with Crippen molar-refractivity contribution in [2.24, 2.45) is 7.05 Å². The van der Waals surface area contributed by atoms with Gasteiger partial charge in [0.1, 0.15) is 5.25 Å². The van der Waals surface area contributed by atoms with Gasteiger partial charge in [0.05, 0.1) is 19.2 Å². The Morgan fingerprint density at radius 1 is 1.47 bits per heavy atom. The smallest absolute Gasteiger partial charge is 0.182 e. The van der Waals surface area contributed by atoms with Crippen molar-refractivity contribution >= 4 is 15.6 Å². The second kappa shape index (κ2) is 4.52. The van der Waals surface area contributed by atoms with Crippen LogP contribution in [0.2, 0.25) is 0 Å². The van der Waals surface area contributed by atoms with Crippen LogP contribution in [0.25, 0.3) is 0 Å². The summed E-state index contributed by atoms with van der Waals surface area (Å²) in [5.41, 5.74) is 0. The molecule has 0 aromatic carbocycles. The van der Waals surface area contributed by atoms with E-state index < -0.39 is 15.1 Å². The third-order valence-corrected chi connectivity index (χ3v) is 5.04. The van der Waals surface area contributed by atoms with E-state index in [1.165, 1.54) is 4.80 Å². The van der Waals surface area contributed by atoms with Crippen LogP contribution in [0.15, 0.2) is 0 Å². The fraction of sp³-hybridized carbons (Fsp3) is 0.778. The second-order valence-electron chi connectivity index (χ2n) is 4.19. The van der Waals surface area contributed by atoms with E-state index in [1.54, 1.807) is 7.05 Å². The SMILES string of the molecule is Cn1nnc(CC(=O)C2CCCCS2(=O)=O)n1. The third kappa shape index (κ3) is 2.68. The molecule has 2 rings (SSSR count). The summed E-state index contributed by atoms with van der Waals surface area (Å²) < 4.78 is 23.5. The highest BCUT2D eigenvalue weighted by Crippen LogP contribution is 2.21. The molecule has 0 amide bonds. The van der Waals surface area contributed by atoms with E-state index in [0.29, 0.717) is 12.8 Å². The molecule has 0 N–H and O–H groups in total. The van der Waals surface area contributed by atoms with Crippen molar-refractivity contribution in [1.82, 2.24) is 20.2 Å². The molecule has 1 unspecified atom stereocenters. The van der Waals surface area contributed by atoms with Gasteiger partial charge < -0.3 is 0 Å². The number of hydrogen-bond donors (Lipinski definition) is 0. The zero-order valence-corrected chi connectivity index (χ0v) is 10.4. The molecule has 0 saturated carbocycles. The molecular formula is C9H14N4O3S. The van der Waals surface area contributed by atoms with Crippen molar-refractivity contribution in [2.45, 2.75) is 30.9 Å². The Morgan fingerprint density at radius 2 is 2.24 bits per heavy atom. The lowest BCUT2D eigenvalue weighted by Crippen LogP contribution is -2.36. The Labute approximate surface area is 99.1 Å². The summed E-state index contributed by atoms with van der Waals surface area (Å²) in [6, 6.07) is 0. The van der Waals surface area contributed by atoms with Gasteiger partial charge >= 0.3 is 0 Å². The highest BCUT2D eigenvalue weighted by molar-refractivity contribution is 7.92. The Hall–Kier alpha value is -1.31. The zero-order chi connectivity index (χ0) is 12.5. The van der Waals surface area contributed by atoms with Crippen molar-refractivity contribution in [1.29, 1.82) is 0 Å². The van der Waals surface area contributed by atoms with Gasteiger partial charge in [-0.1, -0.05) is 6.42 Å². The molecule has 7 nitrogen and oxygen atoms in total. The fourth-order valence-electron chi connectivity index (χ4n) is 1.98. The number of aromatic nitrogens is 4. The molecule has 17 heavy (non-hydrogen) atoms. The normalized spacial score (nSPS) is 23.5. The minimum atomic E-state index is -3.27. The predicted molar refractivity (Wildman–Crippen MR) is 58.9 cm³/mol.